The van der Waals surface area contributed by atoms with Crippen molar-refractivity contribution in [2.45, 2.75) is 71.4 Å². The van der Waals surface area contributed by atoms with E-state index in [1.165, 1.54) is 0 Å². The predicted molar refractivity (Wildman–Crippen MR) is 130 cm³/mol. The van der Waals surface area contributed by atoms with Crippen LogP contribution in [0, 0.1) is 0 Å². The third-order valence-electron chi connectivity index (χ3n) is 5.81. The Morgan fingerprint density at radius 1 is 1.19 bits per heavy atom. The number of benzene rings is 1. The van der Waals surface area contributed by atoms with Crippen molar-refractivity contribution in [3.05, 3.63) is 24.3 Å². The Balaban J connectivity index is 2.18. The van der Waals surface area contributed by atoms with Gasteiger partial charge in [0.1, 0.15) is 11.7 Å². The van der Waals surface area contributed by atoms with Gasteiger partial charge >= 0.3 is 12.2 Å². The number of nitrogens with zero attached hydrogens (tertiary/aromatic N) is 2. The Hall–Kier alpha value is -2.10. The third-order valence-corrected chi connectivity index (χ3v) is 10.3. The second kappa shape index (κ2) is 9.80. The maximum Gasteiger partial charge on any atom is 0.414 e. The van der Waals surface area contributed by atoms with Crippen LogP contribution in [0.1, 0.15) is 41.5 Å². The summed E-state index contributed by atoms with van der Waals surface area (Å²) in [6.07, 6.45) is -1.17. The number of carbonyl (C=O) groups excluding carboxylic acids is 2. The van der Waals surface area contributed by atoms with E-state index in [0.717, 1.165) is 0 Å². The van der Waals surface area contributed by atoms with Gasteiger partial charge in [-0.3, -0.25) is 9.80 Å². The summed E-state index contributed by atoms with van der Waals surface area (Å²) in [4.78, 5) is 28.2. The van der Waals surface area contributed by atoms with E-state index in [4.69, 9.17) is 19.6 Å². The third kappa shape index (κ3) is 6.70. The fourth-order valence-electron chi connectivity index (χ4n) is 2.92. The zero-order valence-corrected chi connectivity index (χ0v) is 21.7. The molecule has 0 aromatic heterocycles. The molecule has 1 atom stereocenters. The fourth-order valence-corrected chi connectivity index (χ4v) is 3.95. The number of hydrogen-bond acceptors (Lipinski definition) is 6. The number of anilines is 2. The number of nitrogens with two attached hydrogens (primary N) is 1. The van der Waals surface area contributed by atoms with Gasteiger partial charge in [0.05, 0.1) is 19.7 Å². The molecule has 180 valence electrons. The summed E-state index contributed by atoms with van der Waals surface area (Å²) >= 11 is 0. The first kappa shape index (κ1) is 26.2. The van der Waals surface area contributed by atoms with Crippen LogP contribution in [0.5, 0.6) is 0 Å². The first-order valence-electron chi connectivity index (χ1n) is 11.1. The topological polar surface area (TPSA) is 94.3 Å². The first-order valence-corrected chi connectivity index (χ1v) is 14.0. The van der Waals surface area contributed by atoms with Crippen molar-refractivity contribution in [1.29, 1.82) is 0 Å². The molecule has 1 aliphatic heterocycles. The molecule has 9 heteroatoms. The van der Waals surface area contributed by atoms with Crippen LogP contribution in [0.2, 0.25) is 18.1 Å². The maximum atomic E-state index is 12.9. The van der Waals surface area contributed by atoms with E-state index in [1.54, 1.807) is 34.1 Å². The monoisotopic (exact) mass is 465 g/mol. The van der Waals surface area contributed by atoms with Crippen molar-refractivity contribution in [2.24, 2.45) is 5.73 Å². The summed E-state index contributed by atoms with van der Waals surface area (Å²) in [7, 11) is -1.95. The van der Waals surface area contributed by atoms with Crippen LogP contribution in [0.25, 0.3) is 0 Å². The molecule has 32 heavy (non-hydrogen) atoms. The highest BCUT2D eigenvalue weighted by Gasteiger charge is 2.37. The molecule has 1 fully saturated rings. The van der Waals surface area contributed by atoms with Gasteiger partial charge in [-0.05, 0) is 63.2 Å². The van der Waals surface area contributed by atoms with E-state index in [1.807, 2.05) is 20.8 Å². The molecule has 0 spiro atoms. The molecule has 0 aliphatic carbocycles. The quantitative estimate of drug-likeness (QED) is 0.585. The Labute approximate surface area is 193 Å². The van der Waals surface area contributed by atoms with Gasteiger partial charge < -0.3 is 19.6 Å². The van der Waals surface area contributed by atoms with Crippen molar-refractivity contribution >= 4 is 31.9 Å². The molecule has 0 radical (unpaired) electrons. The summed E-state index contributed by atoms with van der Waals surface area (Å²) in [5, 5.41) is 0.0805. The molecule has 1 aromatic carbocycles. The smallest absolute Gasteiger partial charge is 0.414 e. The highest BCUT2D eigenvalue weighted by atomic mass is 28.4. The van der Waals surface area contributed by atoms with Gasteiger partial charge in [0, 0.05) is 17.9 Å². The molecule has 1 aromatic rings. The number of hydrogen-bond donors (Lipinski definition) is 1. The Morgan fingerprint density at radius 2 is 1.78 bits per heavy atom. The van der Waals surface area contributed by atoms with E-state index in [9.17, 15) is 9.59 Å². The second-order valence-electron chi connectivity index (χ2n) is 10.6. The lowest BCUT2D eigenvalue weighted by Gasteiger charge is -2.37. The van der Waals surface area contributed by atoms with E-state index >= 15 is 0 Å². The molecular formula is C23H39N3O5Si. The fraction of sp³-hybridized carbons (Fsp3) is 0.652. The number of carbonyl (C=O) groups is 2. The predicted octanol–water partition coefficient (Wildman–Crippen LogP) is 4.73. The average Bonchev–Trinajstić information content (AvgIpc) is 3.04. The van der Waals surface area contributed by atoms with Gasteiger partial charge in [-0.1, -0.05) is 20.8 Å². The lowest BCUT2D eigenvalue weighted by Crippen LogP contribution is -2.44. The molecule has 2 N–H and O–H groups in total. The van der Waals surface area contributed by atoms with Gasteiger partial charge in [-0.15, -0.1) is 0 Å². The van der Waals surface area contributed by atoms with Crippen molar-refractivity contribution < 1.29 is 23.5 Å². The molecule has 1 saturated heterocycles. The SMILES string of the molecule is CC(C)(C)OC(=O)N(CCO[Si](C)(C)C(C)(C)C)c1ccc(N2C[C@H](CN)OC2=O)cc1. The zero-order chi connectivity index (χ0) is 24.3. The summed E-state index contributed by atoms with van der Waals surface area (Å²) < 4.78 is 17.1. The number of rotatable bonds is 7. The first-order chi connectivity index (χ1) is 14.6. The van der Waals surface area contributed by atoms with Crippen molar-refractivity contribution in [2.75, 3.05) is 36.0 Å². The van der Waals surface area contributed by atoms with Crippen LogP contribution in [-0.4, -0.2) is 58.5 Å². The molecule has 0 unspecified atom stereocenters. The highest BCUT2D eigenvalue weighted by molar-refractivity contribution is 6.74. The highest BCUT2D eigenvalue weighted by Crippen LogP contribution is 2.36. The Bertz CT molecular complexity index is 799. The molecular weight excluding hydrogens is 426 g/mol. The van der Waals surface area contributed by atoms with Crippen LogP contribution in [-0.2, 0) is 13.9 Å². The second-order valence-corrected chi connectivity index (χ2v) is 15.4. The summed E-state index contributed by atoms with van der Waals surface area (Å²) in [5.74, 6) is 0. The minimum absolute atomic E-state index is 0.0805. The standard InChI is InChI=1S/C23H39N3O5Si/c1-22(2,3)31-21(28)25(13-14-29-32(7,8)23(4,5)6)17-9-11-18(12-10-17)26-16-19(15-24)30-20(26)27/h9-12,19H,13-16,24H2,1-8H3/t19-/m0/s1. The number of amides is 2. The van der Waals surface area contributed by atoms with Gasteiger partial charge in [0.25, 0.3) is 0 Å². The molecule has 2 rings (SSSR count). The number of cyclic esters (lactones) is 1. The Kier molecular flexibility index (Phi) is 8.01. The molecule has 0 saturated carbocycles. The summed E-state index contributed by atoms with van der Waals surface area (Å²) in [5.41, 5.74) is 6.36. The van der Waals surface area contributed by atoms with Gasteiger partial charge in [0.15, 0.2) is 8.32 Å². The summed E-state index contributed by atoms with van der Waals surface area (Å²) in [6, 6.07) is 7.19. The van der Waals surface area contributed by atoms with Crippen LogP contribution in [0.3, 0.4) is 0 Å². The van der Waals surface area contributed by atoms with Crippen LogP contribution >= 0.6 is 0 Å². The number of ether oxygens (including phenoxy) is 2. The molecule has 0 bridgehead atoms. The lowest BCUT2D eigenvalue weighted by atomic mass is 10.2. The largest absolute Gasteiger partial charge is 0.443 e. The van der Waals surface area contributed by atoms with E-state index in [-0.39, 0.29) is 17.7 Å². The minimum atomic E-state index is -1.95. The summed E-state index contributed by atoms with van der Waals surface area (Å²) in [6.45, 7) is 17.9. The van der Waals surface area contributed by atoms with E-state index in [2.05, 4.69) is 33.9 Å². The lowest BCUT2D eigenvalue weighted by molar-refractivity contribution is 0.0574. The average molecular weight is 466 g/mol. The van der Waals surface area contributed by atoms with Crippen LogP contribution in [0.4, 0.5) is 21.0 Å². The van der Waals surface area contributed by atoms with Crippen molar-refractivity contribution in [1.82, 2.24) is 0 Å². The minimum Gasteiger partial charge on any atom is -0.443 e. The Morgan fingerprint density at radius 3 is 2.25 bits per heavy atom. The van der Waals surface area contributed by atoms with Crippen LogP contribution in [0.15, 0.2) is 24.3 Å². The molecule has 1 heterocycles. The van der Waals surface area contributed by atoms with Crippen molar-refractivity contribution in [3.8, 4) is 0 Å². The van der Waals surface area contributed by atoms with Crippen molar-refractivity contribution in [3.63, 3.8) is 0 Å². The van der Waals surface area contributed by atoms with E-state index in [0.29, 0.717) is 31.1 Å². The maximum absolute atomic E-state index is 12.9. The zero-order valence-electron chi connectivity index (χ0n) is 20.7. The van der Waals surface area contributed by atoms with Gasteiger partial charge in [0.2, 0.25) is 0 Å². The molecule has 1 aliphatic rings. The normalized spacial score (nSPS) is 17.3. The van der Waals surface area contributed by atoms with Gasteiger partial charge in [-0.25, -0.2) is 9.59 Å². The molecule has 8 nitrogen and oxygen atoms in total. The van der Waals surface area contributed by atoms with Gasteiger partial charge in [-0.2, -0.15) is 0 Å². The van der Waals surface area contributed by atoms with Crippen LogP contribution < -0.4 is 15.5 Å². The van der Waals surface area contributed by atoms with E-state index < -0.39 is 26.1 Å². The molecule has 2 amide bonds.